The number of nitrogens with one attached hydrogen (secondary N) is 1. The van der Waals surface area contributed by atoms with Gasteiger partial charge >= 0.3 is 5.97 Å². The van der Waals surface area contributed by atoms with E-state index in [0.29, 0.717) is 0 Å². The van der Waals surface area contributed by atoms with Crippen LogP contribution in [0.15, 0.2) is 41.6 Å². The molecule has 21 heavy (non-hydrogen) atoms. The minimum absolute atomic E-state index is 0.180. The second kappa shape index (κ2) is 6.02. The summed E-state index contributed by atoms with van der Waals surface area (Å²) in [4.78, 5) is 10.3. The van der Waals surface area contributed by atoms with E-state index in [0.717, 1.165) is 17.1 Å². The van der Waals surface area contributed by atoms with Gasteiger partial charge in [0.05, 0.1) is 6.20 Å². The Morgan fingerprint density at radius 2 is 2.10 bits per heavy atom. The summed E-state index contributed by atoms with van der Waals surface area (Å²) >= 11 is 0. The zero-order valence-corrected chi connectivity index (χ0v) is 11.5. The molecule has 1 heterocycles. The average molecular weight is 313 g/mol. The molecule has 112 valence electrons. The summed E-state index contributed by atoms with van der Waals surface area (Å²) in [5.41, 5.74) is 0.207. The largest absolute Gasteiger partial charge is 0.480 e. The molecule has 2 N–H and O–H groups in total. The van der Waals surface area contributed by atoms with Gasteiger partial charge in [0.1, 0.15) is 17.3 Å². The lowest BCUT2D eigenvalue weighted by molar-refractivity contribution is -0.137. The van der Waals surface area contributed by atoms with Crippen LogP contribution in [0, 0.1) is 5.82 Å². The van der Waals surface area contributed by atoms with Gasteiger partial charge in [-0.15, -0.1) is 0 Å². The third kappa shape index (κ3) is 3.86. The Morgan fingerprint density at radius 1 is 1.38 bits per heavy atom. The minimum atomic E-state index is -3.88. The molecule has 0 atom stereocenters. The first kappa shape index (κ1) is 15.1. The highest BCUT2D eigenvalue weighted by atomic mass is 32.2. The second-order valence-electron chi connectivity index (χ2n) is 4.18. The van der Waals surface area contributed by atoms with Crippen LogP contribution in [0.2, 0.25) is 0 Å². The first-order valence-corrected chi connectivity index (χ1v) is 7.34. The number of benzene rings is 1. The first-order chi connectivity index (χ1) is 9.88. The van der Waals surface area contributed by atoms with Gasteiger partial charge in [0.2, 0.25) is 10.0 Å². The van der Waals surface area contributed by atoms with E-state index in [2.05, 4.69) is 9.82 Å². The summed E-state index contributed by atoms with van der Waals surface area (Å²) in [6.45, 7) is -0.651. The van der Waals surface area contributed by atoms with Crippen LogP contribution >= 0.6 is 0 Å². The first-order valence-electron chi connectivity index (χ1n) is 5.86. The third-order valence-electron chi connectivity index (χ3n) is 2.63. The van der Waals surface area contributed by atoms with Gasteiger partial charge in [0.15, 0.2) is 0 Å². The highest BCUT2D eigenvalue weighted by molar-refractivity contribution is 7.89. The molecule has 2 rings (SSSR count). The fraction of sp³-hybridized carbons (Fsp3) is 0.167. The fourth-order valence-corrected chi connectivity index (χ4v) is 2.56. The van der Waals surface area contributed by atoms with Crippen LogP contribution in [0.1, 0.15) is 5.56 Å². The van der Waals surface area contributed by atoms with Crippen LogP contribution in [0.4, 0.5) is 4.39 Å². The maximum absolute atomic E-state index is 13.4. The van der Waals surface area contributed by atoms with Crippen molar-refractivity contribution in [1.82, 2.24) is 14.5 Å². The molecule has 0 aliphatic carbocycles. The van der Waals surface area contributed by atoms with Crippen molar-refractivity contribution in [2.75, 3.05) is 0 Å². The summed E-state index contributed by atoms with van der Waals surface area (Å²) in [6.07, 6.45) is 2.13. The second-order valence-corrected chi connectivity index (χ2v) is 5.95. The standard InChI is InChI=1S/C12H12FN3O4S/c13-11-4-2-1-3-9(11)5-15-21(19,20)10-6-14-16(7-10)8-12(17)18/h1-4,6-7,15H,5,8H2,(H,17,18). The predicted octanol–water partition coefficient (Wildman–Crippen LogP) is 0.585. The van der Waals surface area contributed by atoms with Crippen LogP contribution in [-0.2, 0) is 27.9 Å². The molecular weight excluding hydrogens is 301 g/mol. The Hall–Kier alpha value is -2.26. The van der Waals surface area contributed by atoms with Crippen LogP contribution in [-0.4, -0.2) is 29.3 Å². The number of sulfonamides is 1. The number of carboxylic acids is 1. The number of carbonyl (C=O) groups is 1. The molecule has 0 saturated heterocycles. The van der Waals surface area contributed by atoms with Crippen molar-refractivity contribution in [1.29, 1.82) is 0 Å². The van der Waals surface area contributed by atoms with Crippen molar-refractivity contribution in [3.8, 4) is 0 Å². The van der Waals surface area contributed by atoms with Gasteiger partial charge in [-0.05, 0) is 6.07 Å². The van der Waals surface area contributed by atoms with Gasteiger partial charge in [-0.1, -0.05) is 18.2 Å². The molecule has 0 aliphatic heterocycles. The number of nitrogens with zero attached hydrogens (tertiary/aromatic N) is 2. The molecule has 0 bridgehead atoms. The van der Waals surface area contributed by atoms with Crippen molar-refractivity contribution in [3.05, 3.63) is 48.0 Å². The monoisotopic (exact) mass is 313 g/mol. The predicted molar refractivity (Wildman–Crippen MR) is 70.3 cm³/mol. The lowest BCUT2D eigenvalue weighted by Crippen LogP contribution is -2.23. The van der Waals surface area contributed by atoms with Crippen molar-refractivity contribution in [2.24, 2.45) is 0 Å². The van der Waals surface area contributed by atoms with Gasteiger partial charge in [0.25, 0.3) is 0 Å². The zero-order valence-electron chi connectivity index (χ0n) is 10.7. The summed E-state index contributed by atoms with van der Waals surface area (Å²) in [5, 5.41) is 12.2. The van der Waals surface area contributed by atoms with Crippen molar-refractivity contribution in [3.63, 3.8) is 0 Å². The molecule has 1 aromatic heterocycles. The van der Waals surface area contributed by atoms with Crippen molar-refractivity contribution < 1.29 is 22.7 Å². The lowest BCUT2D eigenvalue weighted by atomic mass is 10.2. The molecule has 0 aliphatic rings. The Balaban J connectivity index is 2.10. The molecule has 0 radical (unpaired) electrons. The van der Waals surface area contributed by atoms with E-state index < -0.39 is 28.4 Å². The van der Waals surface area contributed by atoms with E-state index in [1.807, 2.05) is 0 Å². The van der Waals surface area contributed by atoms with Gasteiger partial charge in [-0.25, -0.2) is 17.5 Å². The van der Waals surface area contributed by atoms with E-state index in [9.17, 15) is 17.6 Å². The Labute approximate surface area is 120 Å². The minimum Gasteiger partial charge on any atom is -0.480 e. The van der Waals surface area contributed by atoms with Gasteiger partial charge in [-0.3, -0.25) is 9.48 Å². The lowest BCUT2D eigenvalue weighted by Gasteiger charge is -2.05. The van der Waals surface area contributed by atoms with Gasteiger partial charge < -0.3 is 5.11 Å². The maximum Gasteiger partial charge on any atom is 0.325 e. The SMILES string of the molecule is O=C(O)Cn1cc(S(=O)(=O)NCc2ccccc2F)cn1. The molecular formula is C12H12FN3O4S. The van der Waals surface area contributed by atoms with Crippen LogP contribution in [0.5, 0.6) is 0 Å². The number of hydrogen-bond acceptors (Lipinski definition) is 4. The summed E-state index contributed by atoms with van der Waals surface area (Å²) in [5.74, 6) is -1.65. The number of halogens is 1. The van der Waals surface area contributed by atoms with Gasteiger partial charge in [0, 0.05) is 18.3 Å². The number of rotatable bonds is 6. The number of aromatic nitrogens is 2. The molecule has 0 unspecified atom stereocenters. The van der Waals surface area contributed by atoms with E-state index in [4.69, 9.17) is 5.11 Å². The Morgan fingerprint density at radius 3 is 2.76 bits per heavy atom. The molecule has 0 saturated carbocycles. The fourth-order valence-electron chi connectivity index (χ4n) is 1.61. The zero-order chi connectivity index (χ0) is 15.5. The van der Waals surface area contributed by atoms with E-state index in [-0.39, 0.29) is 17.0 Å². The number of carboxylic acid groups (broad SMARTS) is 1. The van der Waals surface area contributed by atoms with E-state index >= 15 is 0 Å². The average Bonchev–Trinajstić information content (AvgIpc) is 2.86. The summed E-state index contributed by atoms with van der Waals surface area (Å²) < 4.78 is 40.6. The topological polar surface area (TPSA) is 101 Å². The molecule has 0 amide bonds. The number of aliphatic carboxylic acids is 1. The quantitative estimate of drug-likeness (QED) is 0.812. The van der Waals surface area contributed by atoms with Crippen LogP contribution in [0.3, 0.4) is 0 Å². The molecule has 0 spiro atoms. The molecule has 9 heteroatoms. The van der Waals surface area contributed by atoms with E-state index in [1.54, 1.807) is 6.07 Å². The van der Waals surface area contributed by atoms with Crippen molar-refractivity contribution in [2.45, 2.75) is 18.0 Å². The van der Waals surface area contributed by atoms with Gasteiger partial charge in [-0.2, -0.15) is 5.10 Å². The molecule has 7 nitrogen and oxygen atoms in total. The molecule has 2 aromatic rings. The molecule has 1 aromatic carbocycles. The van der Waals surface area contributed by atoms with Crippen molar-refractivity contribution >= 4 is 16.0 Å². The third-order valence-corrected chi connectivity index (χ3v) is 3.98. The maximum atomic E-state index is 13.4. The smallest absolute Gasteiger partial charge is 0.325 e. The van der Waals surface area contributed by atoms with Crippen LogP contribution < -0.4 is 4.72 Å². The highest BCUT2D eigenvalue weighted by Gasteiger charge is 2.17. The Bertz CT molecular complexity index is 757. The van der Waals surface area contributed by atoms with Crippen LogP contribution in [0.25, 0.3) is 0 Å². The Kier molecular flexibility index (Phi) is 4.34. The molecule has 0 fully saturated rings. The summed E-state index contributed by atoms with van der Waals surface area (Å²) in [7, 11) is -3.88. The number of hydrogen-bond donors (Lipinski definition) is 2. The normalized spacial score (nSPS) is 11.5. The van der Waals surface area contributed by atoms with E-state index in [1.165, 1.54) is 18.2 Å². The summed E-state index contributed by atoms with van der Waals surface area (Å²) in [6, 6.07) is 5.79. The highest BCUT2D eigenvalue weighted by Crippen LogP contribution is 2.10.